The molecule has 2 aliphatic heterocycles. The van der Waals surface area contributed by atoms with Gasteiger partial charge >= 0.3 is 0 Å². The molecule has 116 valence electrons. The normalized spacial score (nSPS) is 28.8. The van der Waals surface area contributed by atoms with Crippen LogP contribution in [0.25, 0.3) is 0 Å². The fourth-order valence-electron chi connectivity index (χ4n) is 3.76. The number of anilines is 1. The fraction of sp³-hybridized carbons (Fsp3) is 0.733. The second kappa shape index (κ2) is 6.08. The topological polar surface area (TPSA) is 50.2 Å². The molecule has 2 aliphatic rings. The average molecular weight is 355 g/mol. The van der Waals surface area contributed by atoms with Crippen LogP contribution in [0.5, 0.6) is 0 Å². The standard InChI is InChI=1S/C15H23BrN4O/c1-3-20-15(21)14(16)13(9-18-20)17-8-10-6-11-4-5-12(7-10)19(11)2/h9-12,17H,3-8H2,1-2H3. The molecular weight excluding hydrogens is 332 g/mol. The maximum atomic E-state index is 12.0. The number of hydrogen-bond acceptors (Lipinski definition) is 4. The summed E-state index contributed by atoms with van der Waals surface area (Å²) in [4.78, 5) is 14.6. The van der Waals surface area contributed by atoms with Crippen molar-refractivity contribution in [3.63, 3.8) is 0 Å². The molecule has 0 spiro atoms. The zero-order chi connectivity index (χ0) is 15.0. The number of fused-ring (bicyclic) bond motifs is 2. The number of aromatic nitrogens is 2. The van der Waals surface area contributed by atoms with Crippen molar-refractivity contribution in [2.75, 3.05) is 18.9 Å². The third kappa shape index (κ3) is 2.88. The molecule has 3 rings (SSSR count). The van der Waals surface area contributed by atoms with Crippen molar-refractivity contribution in [1.82, 2.24) is 14.7 Å². The van der Waals surface area contributed by atoms with Gasteiger partial charge < -0.3 is 10.2 Å². The van der Waals surface area contributed by atoms with Crippen molar-refractivity contribution in [1.29, 1.82) is 0 Å². The molecule has 2 unspecified atom stereocenters. The van der Waals surface area contributed by atoms with Gasteiger partial charge in [0.1, 0.15) is 4.47 Å². The number of hydrogen-bond donors (Lipinski definition) is 1. The minimum absolute atomic E-state index is 0.0639. The molecule has 1 aromatic heterocycles. The fourth-order valence-corrected chi connectivity index (χ4v) is 4.21. The molecule has 0 aliphatic carbocycles. The quantitative estimate of drug-likeness (QED) is 0.901. The first-order valence-electron chi connectivity index (χ1n) is 7.81. The van der Waals surface area contributed by atoms with E-state index in [2.05, 4.69) is 38.3 Å². The predicted molar refractivity (Wildman–Crippen MR) is 87.7 cm³/mol. The molecule has 0 radical (unpaired) electrons. The molecule has 0 amide bonds. The number of rotatable bonds is 4. The third-order valence-corrected chi connectivity index (χ3v) is 5.83. The highest BCUT2D eigenvalue weighted by molar-refractivity contribution is 9.10. The van der Waals surface area contributed by atoms with Gasteiger partial charge in [0.15, 0.2) is 0 Å². The van der Waals surface area contributed by atoms with Crippen LogP contribution in [0.4, 0.5) is 5.69 Å². The SMILES string of the molecule is CCn1ncc(NCC2CC3CCC(C2)N3C)c(Br)c1=O. The van der Waals surface area contributed by atoms with Crippen LogP contribution in [0.2, 0.25) is 0 Å². The van der Waals surface area contributed by atoms with Crippen LogP contribution in [0.3, 0.4) is 0 Å². The summed E-state index contributed by atoms with van der Waals surface area (Å²) in [6.45, 7) is 3.44. The van der Waals surface area contributed by atoms with Crippen molar-refractivity contribution in [3.05, 3.63) is 21.0 Å². The molecule has 2 atom stereocenters. The second-order valence-electron chi connectivity index (χ2n) is 6.26. The van der Waals surface area contributed by atoms with E-state index in [0.29, 0.717) is 16.9 Å². The van der Waals surface area contributed by atoms with Gasteiger partial charge in [-0.2, -0.15) is 5.10 Å². The Balaban J connectivity index is 1.64. The zero-order valence-corrected chi connectivity index (χ0v) is 14.3. The lowest BCUT2D eigenvalue weighted by molar-refractivity contribution is 0.139. The average Bonchev–Trinajstić information content (AvgIpc) is 2.71. The molecule has 5 nitrogen and oxygen atoms in total. The van der Waals surface area contributed by atoms with Crippen LogP contribution in [0.15, 0.2) is 15.5 Å². The Morgan fingerprint density at radius 1 is 1.38 bits per heavy atom. The van der Waals surface area contributed by atoms with E-state index in [1.54, 1.807) is 6.20 Å². The lowest BCUT2D eigenvalue weighted by Crippen LogP contribution is -2.41. The molecular formula is C15H23BrN4O. The summed E-state index contributed by atoms with van der Waals surface area (Å²) in [5, 5.41) is 7.60. The van der Waals surface area contributed by atoms with Gasteiger partial charge in [-0.1, -0.05) is 0 Å². The van der Waals surface area contributed by atoms with Gasteiger partial charge in [-0.15, -0.1) is 0 Å². The van der Waals surface area contributed by atoms with E-state index in [9.17, 15) is 4.79 Å². The lowest BCUT2D eigenvalue weighted by Gasteiger charge is -2.36. The Kier molecular flexibility index (Phi) is 4.36. The van der Waals surface area contributed by atoms with Crippen LogP contribution in [-0.2, 0) is 6.54 Å². The maximum Gasteiger partial charge on any atom is 0.283 e. The Bertz CT molecular complexity index is 559. The number of halogens is 1. The first-order valence-corrected chi connectivity index (χ1v) is 8.60. The molecule has 2 bridgehead atoms. The Labute approximate surface area is 133 Å². The van der Waals surface area contributed by atoms with Crippen LogP contribution in [0.1, 0.15) is 32.6 Å². The summed E-state index contributed by atoms with van der Waals surface area (Å²) >= 11 is 3.40. The second-order valence-corrected chi connectivity index (χ2v) is 7.05. The van der Waals surface area contributed by atoms with E-state index < -0.39 is 0 Å². The molecule has 6 heteroatoms. The van der Waals surface area contributed by atoms with Gasteiger partial charge in [0.2, 0.25) is 0 Å². The smallest absolute Gasteiger partial charge is 0.283 e. The highest BCUT2D eigenvalue weighted by Crippen LogP contribution is 2.37. The highest BCUT2D eigenvalue weighted by atomic mass is 79.9. The van der Waals surface area contributed by atoms with Gasteiger partial charge in [0, 0.05) is 25.2 Å². The van der Waals surface area contributed by atoms with Crippen molar-refractivity contribution in [2.45, 2.75) is 51.2 Å². The van der Waals surface area contributed by atoms with E-state index in [4.69, 9.17) is 0 Å². The first kappa shape index (κ1) is 15.0. The molecule has 2 fully saturated rings. The number of nitrogens with one attached hydrogen (secondary N) is 1. The van der Waals surface area contributed by atoms with Crippen LogP contribution >= 0.6 is 15.9 Å². The molecule has 3 heterocycles. The Morgan fingerprint density at radius 2 is 2.05 bits per heavy atom. The van der Waals surface area contributed by atoms with Crippen molar-refractivity contribution >= 4 is 21.6 Å². The monoisotopic (exact) mass is 354 g/mol. The van der Waals surface area contributed by atoms with E-state index in [1.165, 1.54) is 30.4 Å². The van der Waals surface area contributed by atoms with Gasteiger partial charge in [0.05, 0.1) is 11.9 Å². The van der Waals surface area contributed by atoms with Crippen molar-refractivity contribution in [2.24, 2.45) is 5.92 Å². The molecule has 21 heavy (non-hydrogen) atoms. The third-order valence-electron chi connectivity index (χ3n) is 5.06. The number of nitrogens with zero attached hydrogens (tertiary/aromatic N) is 3. The summed E-state index contributed by atoms with van der Waals surface area (Å²) in [6, 6.07) is 1.51. The summed E-state index contributed by atoms with van der Waals surface area (Å²) in [5.74, 6) is 0.694. The minimum atomic E-state index is -0.0639. The molecule has 0 aromatic carbocycles. The Morgan fingerprint density at radius 3 is 2.67 bits per heavy atom. The maximum absolute atomic E-state index is 12.0. The number of piperidine rings is 1. The molecule has 1 aromatic rings. The largest absolute Gasteiger partial charge is 0.382 e. The van der Waals surface area contributed by atoms with Crippen LogP contribution in [0, 0.1) is 5.92 Å². The van der Waals surface area contributed by atoms with Crippen molar-refractivity contribution < 1.29 is 0 Å². The lowest BCUT2D eigenvalue weighted by atomic mass is 9.91. The van der Waals surface area contributed by atoms with Gasteiger partial charge in [-0.25, -0.2) is 4.68 Å². The van der Waals surface area contributed by atoms with Gasteiger partial charge in [0.25, 0.3) is 5.56 Å². The zero-order valence-electron chi connectivity index (χ0n) is 12.7. The van der Waals surface area contributed by atoms with Crippen molar-refractivity contribution in [3.8, 4) is 0 Å². The van der Waals surface area contributed by atoms with E-state index in [0.717, 1.165) is 24.3 Å². The van der Waals surface area contributed by atoms with Crippen LogP contribution < -0.4 is 10.9 Å². The van der Waals surface area contributed by atoms with Gasteiger partial charge in [-0.05, 0) is 61.5 Å². The molecule has 2 saturated heterocycles. The van der Waals surface area contributed by atoms with E-state index in [-0.39, 0.29) is 5.56 Å². The highest BCUT2D eigenvalue weighted by Gasteiger charge is 2.38. The van der Waals surface area contributed by atoms with E-state index >= 15 is 0 Å². The summed E-state index contributed by atoms with van der Waals surface area (Å²) in [5.41, 5.74) is 0.752. The first-order chi connectivity index (χ1) is 10.1. The molecule has 0 saturated carbocycles. The summed E-state index contributed by atoms with van der Waals surface area (Å²) in [7, 11) is 2.26. The number of aryl methyl sites for hydroxylation is 1. The minimum Gasteiger partial charge on any atom is -0.382 e. The summed E-state index contributed by atoms with van der Waals surface area (Å²) in [6.07, 6.45) is 6.96. The van der Waals surface area contributed by atoms with Crippen LogP contribution in [-0.4, -0.2) is 40.4 Å². The molecule has 1 N–H and O–H groups in total. The summed E-state index contributed by atoms with van der Waals surface area (Å²) < 4.78 is 2.06. The van der Waals surface area contributed by atoms with Gasteiger partial charge in [-0.3, -0.25) is 4.79 Å². The predicted octanol–water partition coefficient (Wildman–Crippen LogP) is 2.31. The van der Waals surface area contributed by atoms with E-state index in [1.807, 2.05) is 6.92 Å². The Hall–Kier alpha value is -0.880.